The molecule has 148 valence electrons. The number of hydrogen-bond acceptors (Lipinski definition) is 5. The molecule has 0 bridgehead atoms. The summed E-state index contributed by atoms with van der Waals surface area (Å²) in [5.74, 6) is 0.557. The second-order valence-electron chi connectivity index (χ2n) is 6.87. The summed E-state index contributed by atoms with van der Waals surface area (Å²) < 4.78 is 30.0. The van der Waals surface area contributed by atoms with E-state index < -0.39 is 11.6 Å². The van der Waals surface area contributed by atoms with Crippen LogP contribution in [0.5, 0.6) is 0 Å². The highest BCUT2D eigenvalue weighted by Gasteiger charge is 2.30. The minimum Gasteiger partial charge on any atom is -0.339 e. The monoisotopic (exact) mass is 419 g/mol. The number of thioether (sulfide) groups is 1. The molecule has 0 amide bonds. The minimum atomic E-state index is -0.460. The Labute approximate surface area is 175 Å². The lowest BCUT2D eigenvalue weighted by atomic mass is 10.2. The number of benzene rings is 2. The Morgan fingerprint density at radius 3 is 2.87 bits per heavy atom. The van der Waals surface area contributed by atoms with Gasteiger partial charge in [-0.05, 0) is 48.5 Å². The van der Waals surface area contributed by atoms with Gasteiger partial charge in [0.1, 0.15) is 34.7 Å². The zero-order valence-corrected chi connectivity index (χ0v) is 16.5. The fraction of sp³-hybridized carbons (Fsp3) is 0.136. The number of aromatic nitrogens is 3. The summed E-state index contributed by atoms with van der Waals surface area (Å²) in [6.45, 7) is 0.669. The van der Waals surface area contributed by atoms with Gasteiger partial charge in [-0.2, -0.15) is 5.26 Å². The van der Waals surface area contributed by atoms with Crippen LogP contribution in [0.3, 0.4) is 0 Å². The van der Waals surface area contributed by atoms with Crippen LogP contribution < -0.4 is 4.90 Å². The maximum atomic E-state index is 14.4. The fourth-order valence-corrected chi connectivity index (χ4v) is 4.90. The van der Waals surface area contributed by atoms with Crippen LogP contribution in [0.25, 0.3) is 16.9 Å². The molecule has 8 heteroatoms. The Morgan fingerprint density at radius 1 is 1.10 bits per heavy atom. The van der Waals surface area contributed by atoms with Gasteiger partial charge in [0.15, 0.2) is 5.65 Å². The third-order valence-corrected chi connectivity index (χ3v) is 6.29. The van der Waals surface area contributed by atoms with Crippen LogP contribution in [0.4, 0.5) is 14.6 Å². The first-order chi connectivity index (χ1) is 14.6. The van der Waals surface area contributed by atoms with E-state index in [1.165, 1.54) is 6.07 Å². The number of rotatable bonds is 3. The summed E-state index contributed by atoms with van der Waals surface area (Å²) in [6, 6.07) is 16.6. The summed E-state index contributed by atoms with van der Waals surface area (Å²) in [5, 5.41) is 8.83. The molecule has 5 nitrogen and oxygen atoms in total. The lowest BCUT2D eigenvalue weighted by Gasteiger charge is -2.25. The van der Waals surface area contributed by atoms with Crippen molar-refractivity contribution in [1.82, 2.24) is 14.5 Å². The summed E-state index contributed by atoms with van der Waals surface area (Å²) in [6.07, 6.45) is 1.67. The molecular formula is C22H15F2N5S. The number of imidazole rings is 1. The number of halogens is 2. The van der Waals surface area contributed by atoms with Crippen molar-refractivity contribution in [3.8, 4) is 11.8 Å². The number of anilines is 1. The van der Waals surface area contributed by atoms with Crippen LogP contribution in [0.2, 0.25) is 0 Å². The predicted molar refractivity (Wildman–Crippen MR) is 112 cm³/mol. The van der Waals surface area contributed by atoms with Crippen molar-refractivity contribution in [3.05, 3.63) is 83.7 Å². The molecule has 2 aromatic carbocycles. The molecule has 0 saturated carbocycles. The van der Waals surface area contributed by atoms with Gasteiger partial charge in [0, 0.05) is 23.5 Å². The standard InChI is InChI=1S/C22H15F2N5S/c23-15-4-5-18(24)17(11-15)22-28(8-9-30-22)20-7-6-19-21(27-20)29(13-26-19)16-3-1-2-14(10-16)12-25/h1-7,10-11,13,22H,8-9H2. The van der Waals surface area contributed by atoms with E-state index in [2.05, 4.69) is 11.1 Å². The van der Waals surface area contributed by atoms with Crippen molar-refractivity contribution in [2.75, 3.05) is 17.2 Å². The van der Waals surface area contributed by atoms with Gasteiger partial charge in [-0.25, -0.2) is 18.7 Å². The van der Waals surface area contributed by atoms with Crippen molar-refractivity contribution in [1.29, 1.82) is 5.26 Å². The van der Waals surface area contributed by atoms with E-state index in [1.54, 1.807) is 30.2 Å². The number of fused-ring (bicyclic) bond motifs is 1. The second-order valence-corrected chi connectivity index (χ2v) is 8.06. The van der Waals surface area contributed by atoms with Crippen molar-refractivity contribution in [2.24, 2.45) is 0 Å². The van der Waals surface area contributed by atoms with Gasteiger partial charge in [0.2, 0.25) is 0 Å². The lowest BCUT2D eigenvalue weighted by molar-refractivity contribution is 0.581. The molecule has 1 atom stereocenters. The van der Waals surface area contributed by atoms with Crippen molar-refractivity contribution >= 4 is 28.7 Å². The summed E-state index contributed by atoms with van der Waals surface area (Å²) in [7, 11) is 0. The van der Waals surface area contributed by atoms with Gasteiger partial charge in [-0.15, -0.1) is 11.8 Å². The Balaban J connectivity index is 1.58. The molecule has 3 heterocycles. The molecule has 4 aromatic rings. The number of nitrogens with zero attached hydrogens (tertiary/aromatic N) is 5. The Bertz CT molecular complexity index is 1300. The molecule has 2 aromatic heterocycles. The van der Waals surface area contributed by atoms with E-state index in [0.717, 1.165) is 23.6 Å². The van der Waals surface area contributed by atoms with E-state index in [4.69, 9.17) is 4.98 Å². The number of pyridine rings is 1. The molecular weight excluding hydrogens is 404 g/mol. The first kappa shape index (κ1) is 18.6. The molecule has 1 fully saturated rings. The van der Waals surface area contributed by atoms with Crippen LogP contribution in [0.15, 0.2) is 60.9 Å². The average Bonchev–Trinajstić information content (AvgIpc) is 3.42. The van der Waals surface area contributed by atoms with Crippen LogP contribution in [0, 0.1) is 23.0 Å². The largest absolute Gasteiger partial charge is 0.339 e. The van der Waals surface area contributed by atoms with Crippen LogP contribution in [-0.2, 0) is 0 Å². The summed E-state index contributed by atoms with van der Waals surface area (Å²) >= 11 is 1.56. The molecule has 5 rings (SSSR count). The first-order valence-electron chi connectivity index (χ1n) is 9.32. The Kier molecular flexibility index (Phi) is 4.60. The molecule has 1 saturated heterocycles. The summed E-state index contributed by atoms with van der Waals surface area (Å²) in [5.41, 5.74) is 2.99. The van der Waals surface area contributed by atoms with Crippen molar-refractivity contribution < 1.29 is 8.78 Å². The van der Waals surface area contributed by atoms with Crippen LogP contribution in [-0.4, -0.2) is 26.8 Å². The second kappa shape index (κ2) is 7.43. The van der Waals surface area contributed by atoms with Gasteiger partial charge < -0.3 is 4.90 Å². The van der Waals surface area contributed by atoms with Gasteiger partial charge in [-0.3, -0.25) is 4.57 Å². The van der Waals surface area contributed by atoms with E-state index in [-0.39, 0.29) is 5.37 Å². The molecule has 30 heavy (non-hydrogen) atoms. The molecule has 1 aliphatic rings. The van der Waals surface area contributed by atoms with E-state index in [9.17, 15) is 14.0 Å². The van der Waals surface area contributed by atoms with Gasteiger partial charge in [0.25, 0.3) is 0 Å². The molecule has 0 aliphatic carbocycles. The van der Waals surface area contributed by atoms with E-state index in [0.29, 0.717) is 34.7 Å². The molecule has 0 spiro atoms. The van der Waals surface area contributed by atoms with Gasteiger partial charge in [-0.1, -0.05) is 6.07 Å². The van der Waals surface area contributed by atoms with Crippen molar-refractivity contribution in [2.45, 2.75) is 5.37 Å². The molecule has 0 radical (unpaired) electrons. The van der Waals surface area contributed by atoms with Gasteiger partial charge in [0.05, 0.1) is 11.6 Å². The highest BCUT2D eigenvalue weighted by atomic mass is 32.2. The lowest BCUT2D eigenvalue weighted by Crippen LogP contribution is -2.24. The Hall–Kier alpha value is -3.44. The average molecular weight is 419 g/mol. The van der Waals surface area contributed by atoms with E-state index in [1.807, 2.05) is 33.7 Å². The van der Waals surface area contributed by atoms with E-state index >= 15 is 0 Å². The predicted octanol–water partition coefficient (Wildman–Crippen LogP) is 4.82. The number of hydrogen-bond donors (Lipinski definition) is 0. The third-order valence-electron chi connectivity index (χ3n) is 5.04. The quantitative estimate of drug-likeness (QED) is 0.476. The Morgan fingerprint density at radius 2 is 2.00 bits per heavy atom. The normalized spacial score (nSPS) is 16.2. The minimum absolute atomic E-state index is 0.314. The maximum absolute atomic E-state index is 14.4. The topological polar surface area (TPSA) is 57.7 Å². The SMILES string of the molecule is N#Cc1cccc(-n2cnc3ccc(N4CCSC4c4cc(F)ccc4F)nc32)c1. The zero-order chi connectivity index (χ0) is 20.7. The zero-order valence-electron chi connectivity index (χ0n) is 15.7. The fourth-order valence-electron chi connectivity index (χ4n) is 3.62. The highest BCUT2D eigenvalue weighted by molar-refractivity contribution is 7.99. The highest BCUT2D eigenvalue weighted by Crippen LogP contribution is 2.41. The maximum Gasteiger partial charge on any atom is 0.166 e. The number of nitriles is 1. The van der Waals surface area contributed by atoms with Crippen molar-refractivity contribution in [3.63, 3.8) is 0 Å². The molecule has 1 aliphatic heterocycles. The summed E-state index contributed by atoms with van der Waals surface area (Å²) in [4.78, 5) is 11.2. The third kappa shape index (κ3) is 3.17. The smallest absolute Gasteiger partial charge is 0.166 e. The first-order valence-corrected chi connectivity index (χ1v) is 10.4. The van der Waals surface area contributed by atoms with Crippen LogP contribution in [0.1, 0.15) is 16.5 Å². The van der Waals surface area contributed by atoms with Gasteiger partial charge >= 0.3 is 0 Å². The molecule has 0 N–H and O–H groups in total. The molecule has 1 unspecified atom stereocenters. The van der Waals surface area contributed by atoms with Crippen LogP contribution >= 0.6 is 11.8 Å².